The summed E-state index contributed by atoms with van der Waals surface area (Å²) in [4.78, 5) is 16.8. The third-order valence-electron chi connectivity index (χ3n) is 2.82. The van der Waals surface area contributed by atoms with Gasteiger partial charge < -0.3 is 4.74 Å². The van der Waals surface area contributed by atoms with E-state index in [1.165, 1.54) is 18.2 Å². The van der Waals surface area contributed by atoms with Crippen LogP contribution in [0.4, 0.5) is 0 Å². The highest BCUT2D eigenvalue weighted by molar-refractivity contribution is 7.11. The maximum absolute atomic E-state index is 11.5. The number of hydrogen-bond donors (Lipinski definition) is 0. The Morgan fingerprint density at radius 1 is 1.33 bits per heavy atom. The minimum atomic E-state index is -0.361. The topological polar surface area (TPSA) is 39.2 Å². The first-order valence-electron chi connectivity index (χ1n) is 5.71. The molecule has 2 aromatic rings. The van der Waals surface area contributed by atoms with Crippen molar-refractivity contribution >= 4 is 17.3 Å². The Hall–Kier alpha value is -1.68. The van der Waals surface area contributed by atoms with Crippen molar-refractivity contribution in [2.45, 2.75) is 20.3 Å². The van der Waals surface area contributed by atoms with Crippen molar-refractivity contribution in [1.29, 1.82) is 0 Å². The number of carbonyl (C=O) groups excluding carboxylic acids is 1. The number of carbonyl (C=O) groups is 1. The van der Waals surface area contributed by atoms with E-state index >= 15 is 0 Å². The predicted octanol–water partition coefficient (Wildman–Crippen LogP) is 3.14. The normalized spacial score (nSPS) is 10.4. The molecule has 18 heavy (non-hydrogen) atoms. The highest BCUT2D eigenvalue weighted by Gasteiger charge is 2.16. The molecule has 1 heterocycles. The van der Waals surface area contributed by atoms with Gasteiger partial charge in [-0.15, -0.1) is 11.3 Å². The highest BCUT2D eigenvalue weighted by Crippen LogP contribution is 2.22. The molecule has 0 aliphatic carbocycles. The van der Waals surface area contributed by atoms with Gasteiger partial charge in [0.1, 0.15) is 0 Å². The Balaban J connectivity index is 2.26. The van der Waals surface area contributed by atoms with Gasteiger partial charge in [-0.25, -0.2) is 9.78 Å². The molecule has 0 aliphatic rings. The number of hydrogen-bond acceptors (Lipinski definition) is 4. The van der Waals surface area contributed by atoms with E-state index in [4.69, 9.17) is 4.74 Å². The lowest BCUT2D eigenvalue weighted by Crippen LogP contribution is -2.03. The van der Waals surface area contributed by atoms with Gasteiger partial charge in [0, 0.05) is 11.3 Å². The molecule has 0 fully saturated rings. The molecule has 0 spiro atoms. The van der Waals surface area contributed by atoms with Gasteiger partial charge in [0.05, 0.1) is 12.1 Å². The zero-order valence-corrected chi connectivity index (χ0v) is 11.5. The fourth-order valence-electron chi connectivity index (χ4n) is 1.78. The summed E-state index contributed by atoms with van der Waals surface area (Å²) in [5, 5.41) is 0.946. The number of esters is 1. The Bertz CT molecular complexity index is 575. The summed E-state index contributed by atoms with van der Waals surface area (Å²) in [7, 11) is 1.38. The van der Waals surface area contributed by atoms with Crippen molar-refractivity contribution in [3.8, 4) is 0 Å². The van der Waals surface area contributed by atoms with Gasteiger partial charge in [-0.2, -0.15) is 0 Å². The van der Waals surface area contributed by atoms with E-state index in [0.29, 0.717) is 5.69 Å². The lowest BCUT2D eigenvalue weighted by atomic mass is 10.1. The number of rotatable bonds is 3. The molecule has 1 aromatic heterocycles. The van der Waals surface area contributed by atoms with Crippen LogP contribution in [0.1, 0.15) is 31.5 Å². The van der Waals surface area contributed by atoms with Crippen LogP contribution in [0.25, 0.3) is 0 Å². The summed E-state index contributed by atoms with van der Waals surface area (Å²) in [6.45, 7) is 3.97. The Morgan fingerprint density at radius 2 is 2.06 bits per heavy atom. The molecule has 0 saturated carbocycles. The van der Waals surface area contributed by atoms with E-state index in [1.807, 2.05) is 19.1 Å². The van der Waals surface area contributed by atoms with Crippen LogP contribution >= 0.6 is 11.3 Å². The largest absolute Gasteiger partial charge is 0.464 e. The SMILES string of the molecule is COC(=O)c1nc(Cc2ccccc2C)sc1C. The maximum Gasteiger partial charge on any atom is 0.357 e. The number of nitrogens with zero attached hydrogens (tertiary/aromatic N) is 1. The number of methoxy groups -OCH3 is 1. The van der Waals surface area contributed by atoms with Gasteiger partial charge in [0.15, 0.2) is 5.69 Å². The summed E-state index contributed by atoms with van der Waals surface area (Å²) in [5.74, 6) is -0.361. The van der Waals surface area contributed by atoms with Gasteiger partial charge >= 0.3 is 5.97 Å². The van der Waals surface area contributed by atoms with Crippen LogP contribution in [0.15, 0.2) is 24.3 Å². The molecule has 2 rings (SSSR count). The van der Waals surface area contributed by atoms with Crippen molar-refractivity contribution in [3.63, 3.8) is 0 Å². The first-order valence-corrected chi connectivity index (χ1v) is 6.52. The first-order chi connectivity index (χ1) is 8.61. The van der Waals surface area contributed by atoms with Crippen LogP contribution in [0, 0.1) is 13.8 Å². The van der Waals surface area contributed by atoms with Crippen LogP contribution in [0.3, 0.4) is 0 Å². The minimum absolute atomic E-state index is 0.361. The van der Waals surface area contributed by atoms with Gasteiger partial charge in [-0.3, -0.25) is 0 Å². The molecule has 0 saturated heterocycles. The van der Waals surface area contributed by atoms with Gasteiger partial charge in [0.2, 0.25) is 0 Å². The minimum Gasteiger partial charge on any atom is -0.464 e. The van der Waals surface area contributed by atoms with E-state index in [9.17, 15) is 4.79 Å². The number of benzene rings is 1. The first kappa shape index (κ1) is 12.8. The van der Waals surface area contributed by atoms with Gasteiger partial charge in [-0.1, -0.05) is 24.3 Å². The van der Waals surface area contributed by atoms with Crippen molar-refractivity contribution < 1.29 is 9.53 Å². The predicted molar refractivity (Wildman–Crippen MR) is 72.2 cm³/mol. The fourth-order valence-corrected chi connectivity index (χ4v) is 2.73. The summed E-state index contributed by atoms with van der Waals surface area (Å²) in [6, 6.07) is 8.21. The van der Waals surface area contributed by atoms with Crippen LogP contribution < -0.4 is 0 Å². The second kappa shape index (κ2) is 5.31. The van der Waals surface area contributed by atoms with Crippen LogP contribution in [-0.2, 0) is 11.2 Å². The van der Waals surface area contributed by atoms with E-state index in [1.54, 1.807) is 11.3 Å². The third kappa shape index (κ3) is 2.59. The Labute approximate surface area is 110 Å². The smallest absolute Gasteiger partial charge is 0.357 e. The van der Waals surface area contributed by atoms with E-state index in [0.717, 1.165) is 16.3 Å². The Kier molecular flexibility index (Phi) is 3.77. The van der Waals surface area contributed by atoms with E-state index in [2.05, 4.69) is 24.0 Å². The molecule has 3 nitrogen and oxygen atoms in total. The lowest BCUT2D eigenvalue weighted by molar-refractivity contribution is 0.0594. The van der Waals surface area contributed by atoms with E-state index in [-0.39, 0.29) is 5.97 Å². The molecule has 0 unspecified atom stereocenters. The standard InChI is InChI=1S/C14H15NO2S/c1-9-6-4-5-7-11(9)8-12-15-13(10(2)18-12)14(16)17-3/h4-7H,8H2,1-3H3. The van der Waals surface area contributed by atoms with Crippen LogP contribution in [0.5, 0.6) is 0 Å². The molecule has 0 aliphatic heterocycles. The zero-order chi connectivity index (χ0) is 13.1. The van der Waals surface area contributed by atoms with Crippen molar-refractivity contribution in [2.75, 3.05) is 7.11 Å². The van der Waals surface area contributed by atoms with Crippen LogP contribution in [0.2, 0.25) is 0 Å². The second-order valence-corrected chi connectivity index (χ2v) is 5.39. The fraction of sp³-hybridized carbons (Fsp3) is 0.286. The third-order valence-corrected chi connectivity index (χ3v) is 3.79. The molecular weight excluding hydrogens is 246 g/mol. The lowest BCUT2D eigenvalue weighted by Gasteiger charge is -2.01. The average Bonchev–Trinajstić information content (AvgIpc) is 2.72. The van der Waals surface area contributed by atoms with Crippen LogP contribution in [-0.4, -0.2) is 18.1 Å². The highest BCUT2D eigenvalue weighted by atomic mass is 32.1. The van der Waals surface area contributed by atoms with Gasteiger partial charge in [-0.05, 0) is 25.0 Å². The summed E-state index contributed by atoms with van der Waals surface area (Å²) < 4.78 is 4.71. The molecule has 0 radical (unpaired) electrons. The second-order valence-electron chi connectivity index (χ2n) is 4.11. The summed E-state index contributed by atoms with van der Waals surface area (Å²) in [6.07, 6.45) is 0.759. The molecule has 0 bridgehead atoms. The number of aromatic nitrogens is 1. The molecule has 0 N–H and O–H groups in total. The van der Waals surface area contributed by atoms with E-state index < -0.39 is 0 Å². The monoisotopic (exact) mass is 261 g/mol. The molecular formula is C14H15NO2S. The molecule has 0 atom stereocenters. The molecule has 0 amide bonds. The van der Waals surface area contributed by atoms with Gasteiger partial charge in [0.25, 0.3) is 0 Å². The Morgan fingerprint density at radius 3 is 2.72 bits per heavy atom. The summed E-state index contributed by atoms with van der Waals surface area (Å²) >= 11 is 1.55. The van der Waals surface area contributed by atoms with Crippen molar-refractivity contribution in [2.24, 2.45) is 0 Å². The average molecular weight is 261 g/mol. The molecule has 4 heteroatoms. The van der Waals surface area contributed by atoms with Crippen molar-refractivity contribution in [1.82, 2.24) is 4.98 Å². The number of ether oxygens (including phenoxy) is 1. The molecule has 94 valence electrons. The number of aryl methyl sites for hydroxylation is 2. The quantitative estimate of drug-likeness (QED) is 0.797. The molecule has 1 aromatic carbocycles. The van der Waals surface area contributed by atoms with Crippen molar-refractivity contribution in [3.05, 3.63) is 51.0 Å². The summed E-state index contributed by atoms with van der Waals surface area (Å²) in [5.41, 5.74) is 2.92. The maximum atomic E-state index is 11.5. The number of thiazole rings is 1. The zero-order valence-electron chi connectivity index (χ0n) is 10.7.